The quantitative estimate of drug-likeness (QED) is 0.778. The molecule has 2 heterocycles. The minimum atomic E-state index is -3.01. The Morgan fingerprint density at radius 3 is 2.72 bits per heavy atom. The maximum absolute atomic E-state index is 13.0. The summed E-state index contributed by atoms with van der Waals surface area (Å²) < 4.78 is 35.3. The van der Waals surface area contributed by atoms with Gasteiger partial charge in [-0.05, 0) is 37.8 Å². The van der Waals surface area contributed by atoms with Gasteiger partial charge in [0.2, 0.25) is 5.89 Å². The van der Waals surface area contributed by atoms with E-state index in [1.807, 2.05) is 0 Å². The molecule has 4 rings (SSSR count). The number of hydrogen-bond acceptors (Lipinski definition) is 6. The first kappa shape index (κ1) is 21.4. The molecule has 1 aliphatic carbocycles. The van der Waals surface area contributed by atoms with E-state index in [2.05, 4.69) is 14.9 Å². The van der Waals surface area contributed by atoms with Gasteiger partial charge in [0.15, 0.2) is 5.82 Å². The van der Waals surface area contributed by atoms with Crippen LogP contribution in [0, 0.1) is 0 Å². The summed E-state index contributed by atoms with van der Waals surface area (Å²) in [4.78, 5) is 19.1. The number of halogens is 3. The molecule has 7 nitrogen and oxygen atoms in total. The van der Waals surface area contributed by atoms with Crippen LogP contribution in [0.5, 0.6) is 5.75 Å². The normalized spacial score (nSPS) is 20.7. The zero-order valence-electron chi connectivity index (χ0n) is 15.7. The maximum Gasteiger partial charge on any atom is 0.387 e. The Kier molecular flexibility index (Phi) is 6.38. The lowest BCUT2D eigenvalue weighted by Crippen LogP contribution is -2.35. The van der Waals surface area contributed by atoms with E-state index in [0.29, 0.717) is 24.7 Å². The Labute approximate surface area is 173 Å². The van der Waals surface area contributed by atoms with E-state index in [-0.39, 0.29) is 23.7 Å². The van der Waals surface area contributed by atoms with E-state index in [4.69, 9.17) is 10.3 Å². The van der Waals surface area contributed by atoms with Crippen molar-refractivity contribution in [1.29, 1.82) is 0 Å². The highest BCUT2D eigenvalue weighted by atomic mass is 35.5. The zero-order valence-corrected chi connectivity index (χ0v) is 16.5. The van der Waals surface area contributed by atoms with Crippen molar-refractivity contribution in [3.05, 3.63) is 41.5 Å². The number of nitrogens with two attached hydrogens (primary N) is 1. The Morgan fingerprint density at radius 1 is 1.28 bits per heavy atom. The standard InChI is InChI=1S/C19H22F2N4O3.ClH/c20-18(21)27-14-8-2-1-6-12(14)16(26)25-11-5-7-13(25)15-23-17(24-28-15)19(22)9-3-4-10-19;/h1-2,6,8,13,18H,3-5,7,9-11,22H2;1H. The van der Waals surface area contributed by atoms with E-state index in [1.165, 1.54) is 12.1 Å². The molecule has 1 aromatic carbocycles. The third kappa shape index (κ3) is 4.20. The van der Waals surface area contributed by atoms with Gasteiger partial charge in [0.1, 0.15) is 11.8 Å². The van der Waals surface area contributed by atoms with E-state index in [0.717, 1.165) is 32.1 Å². The summed E-state index contributed by atoms with van der Waals surface area (Å²) in [5.74, 6) is 0.263. The number of carbonyl (C=O) groups excluding carboxylic acids is 1. The second-order valence-electron chi connectivity index (χ2n) is 7.35. The molecule has 158 valence electrons. The lowest BCUT2D eigenvalue weighted by atomic mass is 9.98. The molecular formula is C19H23ClF2N4O3. The van der Waals surface area contributed by atoms with Crippen molar-refractivity contribution >= 4 is 18.3 Å². The minimum absolute atomic E-state index is 0. The summed E-state index contributed by atoms with van der Waals surface area (Å²) in [6.07, 6.45) is 5.06. The Bertz CT molecular complexity index is 857. The van der Waals surface area contributed by atoms with Crippen LogP contribution in [0.25, 0.3) is 0 Å². The largest absolute Gasteiger partial charge is 0.434 e. The van der Waals surface area contributed by atoms with E-state index in [9.17, 15) is 13.6 Å². The summed E-state index contributed by atoms with van der Waals surface area (Å²) in [5.41, 5.74) is 5.90. The molecular weight excluding hydrogens is 406 g/mol. The number of alkyl halides is 2. The van der Waals surface area contributed by atoms with Crippen molar-refractivity contribution in [2.45, 2.75) is 56.7 Å². The van der Waals surface area contributed by atoms with E-state index >= 15 is 0 Å². The lowest BCUT2D eigenvalue weighted by Gasteiger charge is -2.23. The van der Waals surface area contributed by atoms with Crippen LogP contribution in [0.2, 0.25) is 0 Å². The SMILES string of the molecule is Cl.NC1(c2noc(C3CCCN3C(=O)c3ccccc3OC(F)F)n2)CCCC1. The summed E-state index contributed by atoms with van der Waals surface area (Å²) in [6.45, 7) is -2.54. The highest BCUT2D eigenvalue weighted by Crippen LogP contribution is 2.38. The van der Waals surface area contributed by atoms with Gasteiger partial charge in [-0.2, -0.15) is 13.8 Å². The lowest BCUT2D eigenvalue weighted by molar-refractivity contribution is -0.0503. The number of nitrogens with zero attached hydrogens (tertiary/aromatic N) is 3. The molecule has 2 N–H and O–H groups in total. The van der Waals surface area contributed by atoms with Gasteiger partial charge in [-0.15, -0.1) is 12.4 Å². The van der Waals surface area contributed by atoms with Crippen molar-refractivity contribution in [2.24, 2.45) is 5.73 Å². The van der Waals surface area contributed by atoms with Gasteiger partial charge in [0.25, 0.3) is 5.91 Å². The van der Waals surface area contributed by atoms with Gasteiger partial charge in [-0.25, -0.2) is 0 Å². The van der Waals surface area contributed by atoms with Crippen LogP contribution in [0.1, 0.15) is 66.6 Å². The zero-order chi connectivity index (χ0) is 19.7. The third-order valence-corrected chi connectivity index (χ3v) is 5.52. The molecule has 29 heavy (non-hydrogen) atoms. The molecule has 1 aromatic heterocycles. The van der Waals surface area contributed by atoms with E-state index < -0.39 is 24.1 Å². The number of rotatable bonds is 5. The number of ether oxygens (including phenoxy) is 1. The molecule has 2 fully saturated rings. The van der Waals surface area contributed by atoms with Crippen molar-refractivity contribution in [3.63, 3.8) is 0 Å². The number of carbonyl (C=O) groups is 1. The molecule has 10 heteroatoms. The number of likely N-dealkylation sites (tertiary alicyclic amines) is 1. The number of benzene rings is 1. The number of hydrogen-bond donors (Lipinski definition) is 1. The van der Waals surface area contributed by atoms with Crippen LogP contribution in [-0.2, 0) is 5.54 Å². The van der Waals surface area contributed by atoms with Crippen LogP contribution >= 0.6 is 12.4 Å². The molecule has 0 bridgehead atoms. The second-order valence-corrected chi connectivity index (χ2v) is 7.35. The Morgan fingerprint density at radius 2 is 2.00 bits per heavy atom. The van der Waals surface area contributed by atoms with Gasteiger partial charge in [-0.1, -0.05) is 30.1 Å². The minimum Gasteiger partial charge on any atom is -0.434 e. The summed E-state index contributed by atoms with van der Waals surface area (Å²) in [5, 5.41) is 4.07. The molecule has 0 spiro atoms. The topological polar surface area (TPSA) is 94.5 Å². The van der Waals surface area contributed by atoms with Gasteiger partial charge in [0, 0.05) is 6.54 Å². The van der Waals surface area contributed by atoms with Gasteiger partial charge in [-0.3, -0.25) is 4.79 Å². The Hall–Kier alpha value is -2.26. The maximum atomic E-state index is 13.0. The van der Waals surface area contributed by atoms with Crippen molar-refractivity contribution in [3.8, 4) is 5.75 Å². The molecule has 1 saturated heterocycles. The fourth-order valence-corrected chi connectivity index (χ4v) is 4.07. The predicted octanol–water partition coefficient (Wildman–Crippen LogP) is 3.80. The van der Waals surface area contributed by atoms with Gasteiger partial charge < -0.3 is 19.9 Å². The van der Waals surface area contributed by atoms with Crippen LogP contribution in [0.15, 0.2) is 28.8 Å². The van der Waals surface area contributed by atoms with Crippen LogP contribution in [-0.4, -0.2) is 34.1 Å². The molecule has 1 saturated carbocycles. The van der Waals surface area contributed by atoms with Gasteiger partial charge in [0.05, 0.1) is 11.1 Å². The number of para-hydroxylation sites is 1. The molecule has 0 radical (unpaired) electrons. The van der Waals surface area contributed by atoms with Crippen LogP contribution < -0.4 is 10.5 Å². The summed E-state index contributed by atoms with van der Waals surface area (Å²) in [7, 11) is 0. The average Bonchev–Trinajstić information content (AvgIpc) is 3.41. The molecule has 1 atom stereocenters. The third-order valence-electron chi connectivity index (χ3n) is 5.52. The highest BCUT2D eigenvalue weighted by Gasteiger charge is 2.39. The first-order valence-corrected chi connectivity index (χ1v) is 9.46. The molecule has 2 aromatic rings. The van der Waals surface area contributed by atoms with Crippen molar-refractivity contribution in [2.75, 3.05) is 6.54 Å². The van der Waals surface area contributed by atoms with E-state index in [1.54, 1.807) is 17.0 Å². The van der Waals surface area contributed by atoms with Crippen molar-refractivity contribution in [1.82, 2.24) is 15.0 Å². The summed E-state index contributed by atoms with van der Waals surface area (Å²) in [6, 6.07) is 5.58. The van der Waals surface area contributed by atoms with Crippen LogP contribution in [0.4, 0.5) is 8.78 Å². The molecule has 1 aliphatic heterocycles. The first-order valence-electron chi connectivity index (χ1n) is 9.46. The Balaban J connectivity index is 0.00000240. The monoisotopic (exact) mass is 428 g/mol. The molecule has 1 unspecified atom stereocenters. The number of amides is 1. The average molecular weight is 429 g/mol. The van der Waals surface area contributed by atoms with Crippen LogP contribution in [0.3, 0.4) is 0 Å². The smallest absolute Gasteiger partial charge is 0.387 e. The predicted molar refractivity (Wildman–Crippen MR) is 102 cm³/mol. The summed E-state index contributed by atoms with van der Waals surface area (Å²) >= 11 is 0. The first-order chi connectivity index (χ1) is 13.5. The fourth-order valence-electron chi connectivity index (χ4n) is 4.07. The highest BCUT2D eigenvalue weighted by molar-refractivity contribution is 5.97. The second kappa shape index (κ2) is 8.62. The molecule has 2 aliphatic rings. The fraction of sp³-hybridized carbons (Fsp3) is 0.526. The molecule has 1 amide bonds. The van der Waals surface area contributed by atoms with Gasteiger partial charge >= 0.3 is 6.61 Å². The number of aromatic nitrogens is 2. The van der Waals surface area contributed by atoms with Crippen molar-refractivity contribution < 1.29 is 22.8 Å².